The van der Waals surface area contributed by atoms with Crippen LogP contribution in [-0.2, 0) is 0 Å². The molecule has 1 aliphatic rings. The molecule has 0 aliphatic heterocycles. The number of rotatable bonds is 9. The van der Waals surface area contributed by atoms with E-state index in [2.05, 4.69) is 31.2 Å². The van der Waals surface area contributed by atoms with E-state index in [-0.39, 0.29) is 0 Å². The molecule has 0 spiro atoms. The van der Waals surface area contributed by atoms with Crippen LogP contribution in [0.25, 0.3) is 0 Å². The molecule has 1 fully saturated rings. The lowest BCUT2D eigenvalue weighted by atomic mass is 9.77. The third-order valence-corrected chi connectivity index (χ3v) is 5.20. The minimum atomic E-state index is 0.632. The predicted octanol–water partition coefficient (Wildman–Crippen LogP) is 7.05. The Bertz CT molecular complexity index is 489. The van der Waals surface area contributed by atoms with E-state index in [0.29, 0.717) is 6.61 Å². The van der Waals surface area contributed by atoms with Gasteiger partial charge in [0.05, 0.1) is 0 Å². The fraction of sp³-hybridized carbons (Fsp3) is 0.565. The van der Waals surface area contributed by atoms with Crippen molar-refractivity contribution in [1.29, 1.82) is 0 Å². The quantitative estimate of drug-likeness (QED) is 0.349. The zero-order chi connectivity index (χ0) is 17.0. The second-order valence-electron chi connectivity index (χ2n) is 7.05. The van der Waals surface area contributed by atoms with Crippen LogP contribution in [0.2, 0.25) is 0 Å². The lowest BCUT2D eigenvalue weighted by molar-refractivity contribution is 0.302. The molecule has 0 aromatic heterocycles. The van der Waals surface area contributed by atoms with E-state index in [0.717, 1.165) is 17.6 Å². The van der Waals surface area contributed by atoms with E-state index >= 15 is 0 Å². The van der Waals surface area contributed by atoms with Crippen molar-refractivity contribution in [2.45, 2.75) is 71.1 Å². The third kappa shape index (κ3) is 6.55. The summed E-state index contributed by atoms with van der Waals surface area (Å²) < 4.78 is 5.75. The summed E-state index contributed by atoms with van der Waals surface area (Å²) in [4.78, 5) is 0. The highest BCUT2D eigenvalue weighted by Crippen LogP contribution is 2.38. The van der Waals surface area contributed by atoms with Crippen LogP contribution in [0, 0.1) is 5.92 Å². The number of allylic oxidation sites excluding steroid dienone is 3. The molecular weight excluding hydrogens is 292 g/mol. The summed E-state index contributed by atoms with van der Waals surface area (Å²) in [7, 11) is 0. The summed E-state index contributed by atoms with van der Waals surface area (Å²) >= 11 is 0. The summed E-state index contributed by atoms with van der Waals surface area (Å²) in [6.07, 6.45) is 19.3. The first-order chi connectivity index (χ1) is 11.8. The van der Waals surface area contributed by atoms with Gasteiger partial charge in [-0.1, -0.05) is 63.0 Å². The molecule has 0 bridgehead atoms. The zero-order valence-electron chi connectivity index (χ0n) is 15.5. The summed E-state index contributed by atoms with van der Waals surface area (Å²) in [5, 5.41) is 0. The van der Waals surface area contributed by atoms with Gasteiger partial charge in [-0.2, -0.15) is 0 Å². The molecule has 1 heteroatoms. The van der Waals surface area contributed by atoms with Gasteiger partial charge in [0.2, 0.25) is 0 Å². The van der Waals surface area contributed by atoms with Crippen molar-refractivity contribution in [1.82, 2.24) is 0 Å². The van der Waals surface area contributed by atoms with Crippen molar-refractivity contribution >= 4 is 0 Å². The average Bonchev–Trinajstić information content (AvgIpc) is 2.63. The summed E-state index contributed by atoms with van der Waals surface area (Å²) in [5.74, 6) is 2.72. The average molecular weight is 327 g/mol. The Morgan fingerprint density at radius 2 is 1.75 bits per heavy atom. The first kappa shape index (κ1) is 18.8. The maximum atomic E-state index is 5.75. The number of benzene rings is 1. The number of hydrogen-bond acceptors (Lipinski definition) is 1. The van der Waals surface area contributed by atoms with Gasteiger partial charge in [0.1, 0.15) is 12.4 Å². The second-order valence-corrected chi connectivity index (χ2v) is 7.05. The molecule has 0 radical (unpaired) electrons. The van der Waals surface area contributed by atoms with Crippen LogP contribution in [0.15, 0.2) is 48.6 Å². The topological polar surface area (TPSA) is 9.23 Å². The molecule has 0 heterocycles. The molecule has 0 saturated heterocycles. The maximum Gasteiger partial charge on any atom is 0.119 e. The summed E-state index contributed by atoms with van der Waals surface area (Å²) in [6.45, 7) is 4.94. The highest BCUT2D eigenvalue weighted by Gasteiger charge is 2.21. The Labute approximate surface area is 148 Å². The number of hydrogen-bond donors (Lipinski definition) is 0. The van der Waals surface area contributed by atoms with Crippen LogP contribution in [0.3, 0.4) is 0 Å². The minimum absolute atomic E-state index is 0.632. The van der Waals surface area contributed by atoms with Gasteiger partial charge in [-0.3, -0.25) is 0 Å². The van der Waals surface area contributed by atoms with Crippen LogP contribution in [0.1, 0.15) is 76.7 Å². The maximum absolute atomic E-state index is 5.75. The first-order valence-corrected chi connectivity index (χ1v) is 9.84. The van der Waals surface area contributed by atoms with Crippen LogP contribution in [0.4, 0.5) is 0 Å². The SMILES string of the molecule is C/C=C/C=C/COc1ccc(C2CCC(CCCCC)CC2)cc1. The third-order valence-electron chi connectivity index (χ3n) is 5.20. The Morgan fingerprint density at radius 1 is 1.00 bits per heavy atom. The molecule has 1 aromatic rings. The van der Waals surface area contributed by atoms with Crippen molar-refractivity contribution in [3.8, 4) is 5.75 Å². The van der Waals surface area contributed by atoms with E-state index in [1.807, 2.05) is 31.2 Å². The number of ether oxygens (including phenoxy) is 1. The Balaban J connectivity index is 1.73. The van der Waals surface area contributed by atoms with Gasteiger partial charge in [0, 0.05) is 0 Å². The fourth-order valence-corrected chi connectivity index (χ4v) is 3.69. The van der Waals surface area contributed by atoms with E-state index in [4.69, 9.17) is 4.74 Å². The van der Waals surface area contributed by atoms with Crippen molar-refractivity contribution < 1.29 is 4.74 Å². The predicted molar refractivity (Wildman–Crippen MR) is 105 cm³/mol. The second kappa shape index (κ2) is 11.1. The van der Waals surface area contributed by atoms with Gasteiger partial charge < -0.3 is 4.74 Å². The summed E-state index contributed by atoms with van der Waals surface area (Å²) in [5.41, 5.74) is 1.50. The normalized spacial score (nSPS) is 21.6. The van der Waals surface area contributed by atoms with Gasteiger partial charge in [-0.15, -0.1) is 0 Å². The smallest absolute Gasteiger partial charge is 0.119 e. The van der Waals surface area contributed by atoms with Gasteiger partial charge in [0.25, 0.3) is 0 Å². The molecule has 1 aliphatic carbocycles. The van der Waals surface area contributed by atoms with Gasteiger partial charge >= 0.3 is 0 Å². The van der Waals surface area contributed by atoms with Gasteiger partial charge in [0.15, 0.2) is 0 Å². The number of unbranched alkanes of at least 4 members (excludes halogenated alkanes) is 2. The standard InChI is InChI=1S/C23H34O/c1-3-5-7-9-19-24-23-17-15-22(16-18-23)21-13-11-20(12-14-21)10-8-6-4-2/h3,5,7,9,15-18,20-21H,4,6,8,10-14,19H2,1-2H3/b5-3+,9-7+. The molecule has 0 unspecified atom stereocenters. The molecule has 0 atom stereocenters. The molecule has 1 nitrogen and oxygen atoms in total. The lowest BCUT2D eigenvalue weighted by Crippen LogP contribution is -2.13. The highest BCUT2D eigenvalue weighted by atomic mass is 16.5. The monoisotopic (exact) mass is 326 g/mol. The van der Waals surface area contributed by atoms with Crippen molar-refractivity contribution in [3.05, 3.63) is 54.1 Å². The van der Waals surface area contributed by atoms with Crippen LogP contribution >= 0.6 is 0 Å². The van der Waals surface area contributed by atoms with Crippen LogP contribution in [0.5, 0.6) is 5.75 Å². The van der Waals surface area contributed by atoms with E-state index in [9.17, 15) is 0 Å². The summed E-state index contributed by atoms with van der Waals surface area (Å²) in [6, 6.07) is 8.80. The minimum Gasteiger partial charge on any atom is -0.490 e. The largest absolute Gasteiger partial charge is 0.490 e. The van der Waals surface area contributed by atoms with E-state index < -0.39 is 0 Å². The highest BCUT2D eigenvalue weighted by molar-refractivity contribution is 5.30. The molecule has 0 amide bonds. The zero-order valence-corrected chi connectivity index (χ0v) is 15.5. The Kier molecular flexibility index (Phi) is 8.73. The van der Waals surface area contributed by atoms with Crippen molar-refractivity contribution in [2.24, 2.45) is 5.92 Å². The van der Waals surface area contributed by atoms with Gasteiger partial charge in [-0.05, 0) is 68.2 Å². The molecule has 1 aromatic carbocycles. The molecular formula is C23H34O. The molecule has 2 rings (SSSR count). The van der Waals surface area contributed by atoms with Crippen molar-refractivity contribution in [2.75, 3.05) is 6.61 Å². The van der Waals surface area contributed by atoms with Crippen molar-refractivity contribution in [3.63, 3.8) is 0 Å². The first-order valence-electron chi connectivity index (χ1n) is 9.84. The van der Waals surface area contributed by atoms with Gasteiger partial charge in [-0.25, -0.2) is 0 Å². The Hall–Kier alpha value is -1.50. The van der Waals surface area contributed by atoms with Crippen LogP contribution < -0.4 is 4.74 Å². The molecule has 24 heavy (non-hydrogen) atoms. The Morgan fingerprint density at radius 3 is 2.42 bits per heavy atom. The fourth-order valence-electron chi connectivity index (χ4n) is 3.69. The van der Waals surface area contributed by atoms with E-state index in [1.54, 1.807) is 0 Å². The molecule has 1 saturated carbocycles. The van der Waals surface area contributed by atoms with Crippen LogP contribution in [-0.4, -0.2) is 6.61 Å². The molecule has 132 valence electrons. The lowest BCUT2D eigenvalue weighted by Gasteiger charge is -2.29. The van der Waals surface area contributed by atoms with E-state index in [1.165, 1.54) is 56.9 Å². The molecule has 0 N–H and O–H groups in total.